The highest BCUT2D eigenvalue weighted by Gasteiger charge is 2.15. The summed E-state index contributed by atoms with van der Waals surface area (Å²) < 4.78 is 8.81. The summed E-state index contributed by atoms with van der Waals surface area (Å²) in [5.41, 5.74) is 0. The molecule has 0 unspecified atom stereocenters. The van der Waals surface area contributed by atoms with E-state index in [1.54, 1.807) is 0 Å². The van der Waals surface area contributed by atoms with E-state index in [-0.39, 0.29) is 5.90 Å². The van der Waals surface area contributed by atoms with Crippen LogP contribution in [0.25, 0.3) is 0 Å². The zero-order valence-corrected chi connectivity index (χ0v) is 4.66. The van der Waals surface area contributed by atoms with E-state index in [4.69, 9.17) is 5.84 Å². The molecule has 0 bridgehead atoms. The first-order chi connectivity index (χ1) is 4.33. The Kier molecular flexibility index (Phi) is 1.53. The van der Waals surface area contributed by atoms with Gasteiger partial charge >= 0.3 is 6.16 Å². The third kappa shape index (κ3) is 1.31. The van der Waals surface area contributed by atoms with Crippen LogP contribution >= 0.6 is 0 Å². The number of carbonyl (C=O) groups is 1. The first-order valence-corrected chi connectivity index (χ1v) is 2.44. The first-order valence-electron chi connectivity index (χ1n) is 2.44. The van der Waals surface area contributed by atoms with E-state index in [0.29, 0.717) is 13.0 Å². The molecular formula is C4H6N2O3. The van der Waals surface area contributed by atoms with Crippen molar-refractivity contribution in [3.05, 3.63) is 0 Å². The molecule has 5 heteroatoms. The second kappa shape index (κ2) is 2.34. The molecule has 0 aromatic rings. The van der Waals surface area contributed by atoms with Crippen molar-refractivity contribution in [1.29, 1.82) is 0 Å². The highest BCUT2D eigenvalue weighted by Crippen LogP contribution is 2.00. The van der Waals surface area contributed by atoms with Crippen molar-refractivity contribution in [3.8, 4) is 0 Å². The summed E-state index contributed by atoms with van der Waals surface area (Å²) in [5.74, 6) is 5.05. The van der Waals surface area contributed by atoms with Crippen molar-refractivity contribution in [2.75, 3.05) is 6.61 Å². The number of cyclic esters (lactones) is 2. The Hall–Kier alpha value is -1.26. The number of ether oxygens (including phenoxy) is 2. The van der Waals surface area contributed by atoms with Gasteiger partial charge in [0, 0.05) is 0 Å². The lowest BCUT2D eigenvalue weighted by Crippen LogP contribution is -2.23. The lowest BCUT2D eigenvalue weighted by Gasteiger charge is -2.11. The monoisotopic (exact) mass is 130 g/mol. The Labute approximate surface area is 51.4 Å². The molecule has 50 valence electrons. The summed E-state index contributed by atoms with van der Waals surface area (Å²) >= 11 is 0. The maximum Gasteiger partial charge on any atom is 0.515 e. The lowest BCUT2D eigenvalue weighted by molar-refractivity contribution is 0.0798. The molecule has 0 spiro atoms. The van der Waals surface area contributed by atoms with Crippen LogP contribution in [0, 0.1) is 0 Å². The van der Waals surface area contributed by atoms with Gasteiger partial charge in [-0.2, -0.15) is 0 Å². The summed E-state index contributed by atoms with van der Waals surface area (Å²) in [6, 6.07) is 0. The Morgan fingerprint density at radius 1 is 1.67 bits per heavy atom. The van der Waals surface area contributed by atoms with E-state index in [1.165, 1.54) is 0 Å². The largest absolute Gasteiger partial charge is 0.515 e. The van der Waals surface area contributed by atoms with Gasteiger partial charge in [0.2, 0.25) is 5.90 Å². The SMILES string of the molecule is NN=C1CCOC(=O)O1. The highest BCUT2D eigenvalue weighted by atomic mass is 16.7. The topological polar surface area (TPSA) is 73.9 Å². The van der Waals surface area contributed by atoms with Gasteiger partial charge in [-0.3, -0.25) is 0 Å². The van der Waals surface area contributed by atoms with Crippen LogP contribution in [-0.2, 0) is 9.47 Å². The van der Waals surface area contributed by atoms with Crippen molar-refractivity contribution in [1.82, 2.24) is 0 Å². The van der Waals surface area contributed by atoms with Crippen LogP contribution in [0.4, 0.5) is 4.79 Å². The molecule has 1 aliphatic rings. The fourth-order valence-electron chi connectivity index (χ4n) is 0.489. The molecule has 1 heterocycles. The van der Waals surface area contributed by atoms with Gasteiger partial charge in [-0.25, -0.2) is 4.79 Å². The van der Waals surface area contributed by atoms with Gasteiger partial charge in [-0.15, -0.1) is 5.10 Å². The van der Waals surface area contributed by atoms with Crippen molar-refractivity contribution in [3.63, 3.8) is 0 Å². The smallest absolute Gasteiger partial charge is 0.433 e. The Bertz CT molecular complexity index is 154. The van der Waals surface area contributed by atoms with Gasteiger partial charge < -0.3 is 15.3 Å². The molecule has 0 atom stereocenters. The van der Waals surface area contributed by atoms with E-state index in [1.807, 2.05) is 0 Å². The van der Waals surface area contributed by atoms with E-state index in [9.17, 15) is 4.79 Å². The molecule has 0 aliphatic carbocycles. The van der Waals surface area contributed by atoms with Gasteiger partial charge in [0.1, 0.15) is 6.61 Å². The molecule has 5 nitrogen and oxygen atoms in total. The second-order valence-corrected chi connectivity index (χ2v) is 1.47. The maximum atomic E-state index is 10.3. The standard InChI is InChI=1S/C4H6N2O3/c5-6-3-1-2-8-4(7)9-3/h1-2,5H2. The van der Waals surface area contributed by atoms with Crippen LogP contribution in [0.1, 0.15) is 6.42 Å². The zero-order chi connectivity index (χ0) is 6.69. The predicted octanol–water partition coefficient (Wildman–Crippen LogP) is -0.184. The fourth-order valence-corrected chi connectivity index (χ4v) is 0.489. The molecule has 1 aliphatic heterocycles. The van der Waals surface area contributed by atoms with E-state index >= 15 is 0 Å². The minimum atomic E-state index is -0.731. The highest BCUT2D eigenvalue weighted by molar-refractivity contribution is 5.87. The summed E-state index contributed by atoms with van der Waals surface area (Å²) in [6.45, 7) is 0.300. The van der Waals surface area contributed by atoms with Gasteiger partial charge in [0.15, 0.2) is 0 Å². The van der Waals surface area contributed by atoms with Gasteiger partial charge in [0.05, 0.1) is 6.42 Å². The molecule has 9 heavy (non-hydrogen) atoms. The van der Waals surface area contributed by atoms with E-state index in [2.05, 4.69) is 14.6 Å². The van der Waals surface area contributed by atoms with Crippen molar-refractivity contribution >= 4 is 12.1 Å². The number of rotatable bonds is 0. The minimum Gasteiger partial charge on any atom is -0.433 e. The molecule has 1 saturated heterocycles. The normalized spacial score (nSPS) is 23.1. The Morgan fingerprint density at radius 3 is 2.89 bits per heavy atom. The van der Waals surface area contributed by atoms with Gasteiger partial charge in [-0.1, -0.05) is 0 Å². The first kappa shape index (κ1) is 5.87. The lowest BCUT2D eigenvalue weighted by atomic mass is 10.4. The number of carbonyl (C=O) groups excluding carboxylic acids is 1. The van der Waals surface area contributed by atoms with Crippen LogP contribution in [-0.4, -0.2) is 18.7 Å². The van der Waals surface area contributed by atoms with Crippen molar-refractivity contribution < 1.29 is 14.3 Å². The molecule has 0 aromatic carbocycles. The molecule has 0 saturated carbocycles. The number of hydrogen-bond donors (Lipinski definition) is 1. The quantitative estimate of drug-likeness (QED) is 0.280. The number of hydrogen-bond acceptors (Lipinski definition) is 5. The average molecular weight is 130 g/mol. The summed E-state index contributed by atoms with van der Waals surface area (Å²) in [5, 5.41) is 3.19. The van der Waals surface area contributed by atoms with Crippen LogP contribution in [0.15, 0.2) is 5.10 Å². The molecule has 0 radical (unpaired) electrons. The molecule has 0 amide bonds. The minimum absolute atomic E-state index is 0.228. The number of hydrazone groups is 1. The van der Waals surface area contributed by atoms with Crippen LogP contribution in [0.3, 0.4) is 0 Å². The second-order valence-electron chi connectivity index (χ2n) is 1.47. The molecule has 1 rings (SSSR count). The summed E-state index contributed by atoms with van der Waals surface area (Å²) in [6.07, 6.45) is -0.271. The molecule has 0 aromatic heterocycles. The third-order valence-electron chi connectivity index (χ3n) is 0.881. The number of nitrogens with two attached hydrogens (primary N) is 1. The van der Waals surface area contributed by atoms with E-state index < -0.39 is 6.16 Å². The third-order valence-corrected chi connectivity index (χ3v) is 0.881. The summed E-state index contributed by atoms with van der Waals surface area (Å²) in [4.78, 5) is 10.3. The Balaban J connectivity index is 2.51. The average Bonchev–Trinajstić information content (AvgIpc) is 1.88. The van der Waals surface area contributed by atoms with Gasteiger partial charge in [-0.05, 0) is 0 Å². The number of nitrogens with zero attached hydrogens (tertiary/aromatic N) is 1. The van der Waals surface area contributed by atoms with Gasteiger partial charge in [0.25, 0.3) is 0 Å². The fraction of sp³-hybridized carbons (Fsp3) is 0.500. The predicted molar refractivity (Wildman–Crippen MR) is 28.7 cm³/mol. The zero-order valence-electron chi connectivity index (χ0n) is 4.66. The van der Waals surface area contributed by atoms with Crippen LogP contribution in [0.2, 0.25) is 0 Å². The van der Waals surface area contributed by atoms with Crippen LogP contribution in [0.5, 0.6) is 0 Å². The van der Waals surface area contributed by atoms with Crippen molar-refractivity contribution in [2.24, 2.45) is 10.9 Å². The van der Waals surface area contributed by atoms with E-state index in [0.717, 1.165) is 0 Å². The Morgan fingerprint density at radius 2 is 2.44 bits per heavy atom. The maximum absolute atomic E-state index is 10.3. The molecule has 1 fully saturated rings. The van der Waals surface area contributed by atoms with Crippen molar-refractivity contribution in [2.45, 2.75) is 6.42 Å². The summed E-state index contributed by atoms with van der Waals surface area (Å²) in [7, 11) is 0. The molecular weight excluding hydrogens is 124 g/mol. The molecule has 2 N–H and O–H groups in total. The van der Waals surface area contributed by atoms with Crippen LogP contribution < -0.4 is 5.84 Å².